The first-order valence-electron chi connectivity index (χ1n) is 25.7. The third-order valence-electron chi connectivity index (χ3n) is 15.5. The van der Waals surface area contributed by atoms with E-state index in [0.29, 0.717) is 17.5 Å². The van der Waals surface area contributed by atoms with Crippen molar-refractivity contribution in [2.75, 3.05) is 0 Å². The summed E-state index contributed by atoms with van der Waals surface area (Å²) < 4.78 is 24.8. The molecule has 0 unspecified atom stereocenters. The molecule has 0 amide bonds. The van der Waals surface area contributed by atoms with Crippen molar-refractivity contribution in [3.05, 3.63) is 231 Å². The fourth-order valence-electron chi connectivity index (χ4n) is 12.1. The molecule has 8 heteroatoms. The Labute approximate surface area is 442 Å². The zero-order valence-electron chi connectivity index (χ0n) is 40.9. The summed E-state index contributed by atoms with van der Waals surface area (Å²) in [5.41, 5.74) is 15.1. The minimum Gasteiger partial charge on any atom is -0.456 e. The van der Waals surface area contributed by atoms with E-state index in [0.717, 1.165) is 121 Å². The van der Waals surface area contributed by atoms with E-state index in [1.807, 2.05) is 36.4 Å². The van der Waals surface area contributed by atoms with Gasteiger partial charge < -0.3 is 17.8 Å². The molecule has 0 aliphatic rings. The van der Waals surface area contributed by atoms with Crippen LogP contribution in [0.2, 0.25) is 0 Å². The minimum absolute atomic E-state index is 0.545. The number of nitrogens with zero attached hydrogens (tertiary/aromatic N) is 4. The molecule has 7 nitrogen and oxygen atoms in total. The van der Waals surface area contributed by atoms with E-state index in [9.17, 15) is 0 Å². The van der Waals surface area contributed by atoms with Gasteiger partial charge in [-0.3, -0.25) is 0 Å². The highest BCUT2D eigenvalue weighted by atomic mass is 32.1. The molecule has 0 aliphatic carbocycles. The number of rotatable bonds is 6. The largest absolute Gasteiger partial charge is 0.456 e. The van der Waals surface area contributed by atoms with Gasteiger partial charge in [0.25, 0.3) is 0 Å². The zero-order chi connectivity index (χ0) is 50.3. The Morgan fingerprint density at radius 3 is 1.74 bits per heavy atom. The molecule has 11 aromatic carbocycles. The summed E-state index contributed by atoms with van der Waals surface area (Å²) in [6.45, 7) is 0. The van der Waals surface area contributed by atoms with Gasteiger partial charge in [0.15, 0.2) is 17.5 Å². The van der Waals surface area contributed by atoms with E-state index in [2.05, 4.69) is 199 Å². The highest BCUT2D eigenvalue weighted by molar-refractivity contribution is 7.25. The third kappa shape index (κ3) is 6.34. The minimum atomic E-state index is 0.545. The second-order valence-electron chi connectivity index (χ2n) is 19.8. The lowest BCUT2D eigenvalue weighted by Gasteiger charge is -2.10. The molecule has 0 fully saturated rings. The first-order valence-corrected chi connectivity index (χ1v) is 26.5. The number of aromatic nitrogens is 4. The van der Waals surface area contributed by atoms with Gasteiger partial charge in [0.2, 0.25) is 0 Å². The van der Waals surface area contributed by atoms with Crippen molar-refractivity contribution in [2.45, 2.75) is 0 Å². The monoisotopic (exact) mass is 1000 g/mol. The Bertz CT molecular complexity index is 5310. The number of fused-ring (bicyclic) bond motifs is 15. The number of furan rings is 3. The van der Waals surface area contributed by atoms with Gasteiger partial charge in [0.1, 0.15) is 33.5 Å². The highest BCUT2D eigenvalue weighted by Gasteiger charge is 2.23. The van der Waals surface area contributed by atoms with Crippen molar-refractivity contribution >= 4 is 119 Å². The van der Waals surface area contributed by atoms with E-state index < -0.39 is 0 Å². The van der Waals surface area contributed by atoms with Gasteiger partial charge in [-0.05, 0) is 102 Å². The van der Waals surface area contributed by atoms with Crippen molar-refractivity contribution in [3.8, 4) is 62.1 Å². The molecule has 0 saturated carbocycles. The maximum absolute atomic E-state index is 6.92. The summed E-state index contributed by atoms with van der Waals surface area (Å²) in [5.74, 6) is 1.68. The molecule has 0 atom stereocenters. The van der Waals surface area contributed by atoms with E-state index in [4.69, 9.17) is 28.2 Å². The van der Waals surface area contributed by atoms with Gasteiger partial charge in [0.05, 0.1) is 11.0 Å². The van der Waals surface area contributed by atoms with E-state index in [1.165, 1.54) is 31.1 Å². The van der Waals surface area contributed by atoms with Crippen LogP contribution < -0.4 is 0 Å². The van der Waals surface area contributed by atoms with Gasteiger partial charge >= 0.3 is 0 Å². The third-order valence-corrected chi connectivity index (χ3v) is 16.6. The van der Waals surface area contributed by atoms with Crippen molar-refractivity contribution in [1.82, 2.24) is 19.5 Å². The van der Waals surface area contributed by atoms with Crippen molar-refractivity contribution < 1.29 is 13.3 Å². The average molecular weight is 1000 g/mol. The van der Waals surface area contributed by atoms with Gasteiger partial charge in [-0.2, -0.15) is 0 Å². The van der Waals surface area contributed by atoms with Crippen molar-refractivity contribution in [3.63, 3.8) is 0 Å². The quantitative estimate of drug-likeness (QED) is 0.165. The predicted octanol–water partition coefficient (Wildman–Crippen LogP) is 19.4. The molecule has 358 valence electrons. The molecular weight excluding hydrogens is 965 g/mol. The lowest BCUT2D eigenvalue weighted by molar-refractivity contribution is 0.668. The normalized spacial score (nSPS) is 12.2. The second kappa shape index (κ2) is 16.2. The summed E-state index contributed by atoms with van der Waals surface area (Å²) in [4.78, 5) is 16.0. The van der Waals surface area contributed by atoms with Crippen LogP contribution in [0.4, 0.5) is 0 Å². The molecule has 17 aromatic rings. The maximum Gasteiger partial charge on any atom is 0.164 e. The highest BCUT2D eigenvalue weighted by Crippen LogP contribution is 2.46. The Hall–Kier alpha value is -10.2. The standard InChI is InChI=1S/C69H38N4O3S/c1-2-14-42(15-3-1)73-54-24-7-4-16-45(54)52-36-40(31-34-55(52)73)44-20-10-21-49-63-43(19-11-27-59(63)76-66(44)49)39-32-35-57-53(37-39)64-50(22-12-26-58(64)74-57)68-70-67(41-30-33-47-46-17-5-8-25-56(46)75-60(47)38-41)71-69(72-68)51-23-13-29-62-65(51)48-18-6-9-28-61(48)77-62/h1-38H. The molecule has 6 heterocycles. The fourth-order valence-corrected chi connectivity index (χ4v) is 13.2. The lowest BCUT2D eigenvalue weighted by atomic mass is 9.95. The smallest absolute Gasteiger partial charge is 0.164 e. The van der Waals surface area contributed by atoms with Crippen LogP contribution in [0.15, 0.2) is 244 Å². The van der Waals surface area contributed by atoms with E-state index in [1.54, 1.807) is 11.3 Å². The number of hydrogen-bond acceptors (Lipinski definition) is 7. The Morgan fingerprint density at radius 1 is 0.299 bits per heavy atom. The van der Waals surface area contributed by atoms with Crippen LogP contribution in [0.3, 0.4) is 0 Å². The second-order valence-corrected chi connectivity index (χ2v) is 20.9. The summed E-state index contributed by atoms with van der Waals surface area (Å²) in [6, 6.07) is 80.8. The summed E-state index contributed by atoms with van der Waals surface area (Å²) in [5, 5.41) is 10.8. The lowest BCUT2D eigenvalue weighted by Crippen LogP contribution is -2.00. The summed E-state index contributed by atoms with van der Waals surface area (Å²) in [7, 11) is 0. The van der Waals surface area contributed by atoms with Crippen LogP contribution in [-0.4, -0.2) is 19.5 Å². The molecule has 0 saturated heterocycles. The van der Waals surface area contributed by atoms with Crippen LogP contribution >= 0.6 is 11.3 Å². The van der Waals surface area contributed by atoms with Crippen molar-refractivity contribution in [2.24, 2.45) is 0 Å². The van der Waals surface area contributed by atoms with Crippen LogP contribution in [0.5, 0.6) is 0 Å². The zero-order valence-corrected chi connectivity index (χ0v) is 41.7. The van der Waals surface area contributed by atoms with Crippen LogP contribution in [-0.2, 0) is 0 Å². The summed E-state index contributed by atoms with van der Waals surface area (Å²) in [6.07, 6.45) is 0. The van der Waals surface area contributed by atoms with Crippen LogP contribution in [0, 0.1) is 0 Å². The predicted molar refractivity (Wildman–Crippen MR) is 316 cm³/mol. The van der Waals surface area contributed by atoms with E-state index in [-0.39, 0.29) is 0 Å². The molecule has 17 rings (SSSR count). The molecule has 6 aromatic heterocycles. The van der Waals surface area contributed by atoms with Gasteiger partial charge in [-0.25, -0.2) is 15.0 Å². The summed E-state index contributed by atoms with van der Waals surface area (Å²) >= 11 is 1.78. The number of benzene rings is 11. The molecule has 0 N–H and O–H groups in total. The Balaban J connectivity index is 0.836. The van der Waals surface area contributed by atoms with Crippen LogP contribution in [0.25, 0.3) is 170 Å². The molecule has 0 bridgehead atoms. The Kier molecular flexibility index (Phi) is 8.87. The molecular formula is C69H38N4O3S. The van der Waals surface area contributed by atoms with Gasteiger partial charge in [-0.15, -0.1) is 11.3 Å². The van der Waals surface area contributed by atoms with Crippen LogP contribution in [0.1, 0.15) is 0 Å². The van der Waals surface area contributed by atoms with Gasteiger partial charge in [0, 0.05) is 91.2 Å². The SMILES string of the molecule is c1ccc(-n2c3ccccc3c3cc(-c4cccc5c4oc4cccc(-c6ccc7oc8cccc(-c9nc(-c%10ccc%11c(c%10)oc%10ccccc%10%11)nc(-c%10cccc%11sc%12ccccc%12c%10%11)n9)c8c7c6)c45)ccc32)cc1. The molecule has 0 radical (unpaired) electrons. The Morgan fingerprint density at radius 2 is 0.857 bits per heavy atom. The van der Waals surface area contributed by atoms with Crippen molar-refractivity contribution in [1.29, 1.82) is 0 Å². The number of para-hydroxylation sites is 4. The topological polar surface area (TPSA) is 83.0 Å². The molecule has 0 aliphatic heterocycles. The maximum atomic E-state index is 6.92. The fraction of sp³-hybridized carbons (Fsp3) is 0. The molecule has 0 spiro atoms. The number of hydrogen-bond donors (Lipinski definition) is 0. The van der Waals surface area contributed by atoms with Gasteiger partial charge in [-0.1, -0.05) is 146 Å². The average Bonchev–Trinajstić information content (AvgIpc) is 4.50. The van der Waals surface area contributed by atoms with E-state index >= 15 is 0 Å². The first kappa shape index (κ1) is 42.2. The number of thiophene rings is 1. The first-order chi connectivity index (χ1) is 38.1. The molecule has 77 heavy (non-hydrogen) atoms.